The number of hydrogen-bond donors (Lipinski definition) is 1. The number of ether oxygens (including phenoxy) is 1. The van der Waals surface area contributed by atoms with Crippen LogP contribution in [0.25, 0.3) is 21.8 Å². The summed E-state index contributed by atoms with van der Waals surface area (Å²) < 4.78 is 5.43. The van der Waals surface area contributed by atoms with Crippen molar-refractivity contribution in [2.75, 3.05) is 11.9 Å². The highest BCUT2D eigenvalue weighted by Crippen LogP contribution is 2.32. The van der Waals surface area contributed by atoms with Crippen LogP contribution in [0.15, 0.2) is 24.4 Å². The van der Waals surface area contributed by atoms with E-state index in [9.17, 15) is 4.79 Å². The summed E-state index contributed by atoms with van der Waals surface area (Å²) >= 11 is 0. The van der Waals surface area contributed by atoms with E-state index < -0.39 is 0 Å². The van der Waals surface area contributed by atoms with Gasteiger partial charge >= 0.3 is 6.01 Å². The van der Waals surface area contributed by atoms with Crippen LogP contribution in [-0.2, 0) is 0 Å². The first-order valence-corrected chi connectivity index (χ1v) is 8.16. The number of carbonyl (C=O) groups is 1. The molecule has 6 nitrogen and oxygen atoms in total. The third-order valence-corrected chi connectivity index (χ3v) is 4.11. The fourth-order valence-corrected chi connectivity index (χ4v) is 2.71. The number of pyridine rings is 1. The normalized spacial score (nSPS) is 14.1. The molecule has 1 aliphatic rings. The Kier molecular flexibility index (Phi) is 3.52. The van der Waals surface area contributed by atoms with Gasteiger partial charge in [-0.1, -0.05) is 12.1 Å². The summed E-state index contributed by atoms with van der Waals surface area (Å²) in [6.45, 7) is 3.97. The number of anilines is 1. The Balaban J connectivity index is 1.96. The lowest BCUT2D eigenvalue weighted by molar-refractivity contribution is 0.101. The maximum Gasteiger partial charge on any atom is 0.317 e. The lowest BCUT2D eigenvalue weighted by Gasteiger charge is -2.11. The van der Waals surface area contributed by atoms with Crippen LogP contribution in [0.4, 0.5) is 5.82 Å². The molecule has 6 heteroatoms. The quantitative estimate of drug-likeness (QED) is 0.573. The highest BCUT2D eigenvalue weighted by Gasteiger charge is 2.23. The molecule has 2 aromatic heterocycles. The van der Waals surface area contributed by atoms with Crippen LogP contribution in [0, 0.1) is 0 Å². The monoisotopic (exact) mass is 322 g/mol. The predicted octanol–water partition coefficient (Wildman–Crippen LogP) is 3.35. The van der Waals surface area contributed by atoms with E-state index in [-0.39, 0.29) is 5.78 Å². The summed E-state index contributed by atoms with van der Waals surface area (Å²) in [7, 11) is 0. The second-order valence-corrected chi connectivity index (χ2v) is 6.02. The first-order chi connectivity index (χ1) is 11.7. The molecule has 0 saturated heterocycles. The zero-order valence-corrected chi connectivity index (χ0v) is 13.7. The van der Waals surface area contributed by atoms with E-state index in [0.29, 0.717) is 24.2 Å². The van der Waals surface area contributed by atoms with Gasteiger partial charge in [-0.15, -0.1) is 0 Å². The van der Waals surface area contributed by atoms with Gasteiger partial charge in [0.15, 0.2) is 11.6 Å². The van der Waals surface area contributed by atoms with Crippen molar-refractivity contribution in [1.82, 2.24) is 15.0 Å². The molecule has 1 saturated carbocycles. The Morgan fingerprint density at radius 1 is 1.29 bits per heavy atom. The molecule has 4 rings (SSSR count). The van der Waals surface area contributed by atoms with Crippen LogP contribution >= 0.6 is 0 Å². The van der Waals surface area contributed by atoms with E-state index in [4.69, 9.17) is 9.72 Å². The van der Waals surface area contributed by atoms with Crippen LogP contribution < -0.4 is 10.1 Å². The van der Waals surface area contributed by atoms with Gasteiger partial charge in [0.1, 0.15) is 5.52 Å². The lowest BCUT2D eigenvalue weighted by Crippen LogP contribution is -2.06. The number of benzene rings is 1. The number of ketones is 1. The van der Waals surface area contributed by atoms with E-state index in [2.05, 4.69) is 15.3 Å². The number of nitrogens with one attached hydrogen (secondary N) is 1. The molecule has 0 amide bonds. The third kappa shape index (κ3) is 2.64. The van der Waals surface area contributed by atoms with Gasteiger partial charge in [0, 0.05) is 28.6 Å². The van der Waals surface area contributed by atoms with Gasteiger partial charge in [0.05, 0.1) is 12.1 Å². The number of carbonyl (C=O) groups excluding carboxylic acids is 1. The second kappa shape index (κ2) is 5.70. The number of hydrogen-bond acceptors (Lipinski definition) is 6. The second-order valence-electron chi connectivity index (χ2n) is 6.02. The molecule has 0 aliphatic heterocycles. The molecular formula is C18H18N4O2. The van der Waals surface area contributed by atoms with Gasteiger partial charge in [0.25, 0.3) is 0 Å². The molecular weight excluding hydrogens is 304 g/mol. The third-order valence-electron chi connectivity index (χ3n) is 4.11. The molecule has 0 spiro atoms. The Bertz CT molecular complexity index is 951. The molecule has 0 unspecified atom stereocenters. The smallest absolute Gasteiger partial charge is 0.317 e. The summed E-state index contributed by atoms with van der Waals surface area (Å²) in [5.41, 5.74) is 2.17. The topological polar surface area (TPSA) is 77.0 Å². The van der Waals surface area contributed by atoms with Gasteiger partial charge in [-0.3, -0.25) is 4.79 Å². The van der Waals surface area contributed by atoms with Gasteiger partial charge < -0.3 is 10.1 Å². The molecule has 2 heterocycles. The SMILES string of the molecule is CCOc1ncc2c(n1)c(NC1CC1)nc1cc(C(C)=O)ccc12. The molecule has 1 N–H and O–H groups in total. The lowest BCUT2D eigenvalue weighted by atomic mass is 10.1. The molecule has 3 aromatic rings. The molecule has 1 aromatic carbocycles. The van der Waals surface area contributed by atoms with Crippen molar-refractivity contribution in [3.63, 3.8) is 0 Å². The summed E-state index contributed by atoms with van der Waals surface area (Å²) in [6.07, 6.45) is 4.04. The average molecular weight is 322 g/mol. The summed E-state index contributed by atoms with van der Waals surface area (Å²) in [5.74, 6) is 0.752. The fourth-order valence-electron chi connectivity index (χ4n) is 2.71. The van der Waals surface area contributed by atoms with Crippen LogP contribution in [0.1, 0.15) is 37.0 Å². The van der Waals surface area contributed by atoms with Gasteiger partial charge in [-0.2, -0.15) is 4.98 Å². The molecule has 0 bridgehead atoms. The van der Waals surface area contributed by atoms with Crippen molar-refractivity contribution < 1.29 is 9.53 Å². The van der Waals surface area contributed by atoms with E-state index in [1.54, 1.807) is 13.1 Å². The van der Waals surface area contributed by atoms with Crippen molar-refractivity contribution in [3.05, 3.63) is 30.0 Å². The summed E-state index contributed by atoms with van der Waals surface area (Å²) in [4.78, 5) is 25.2. The maximum absolute atomic E-state index is 11.7. The molecule has 0 atom stereocenters. The molecule has 1 fully saturated rings. The van der Waals surface area contributed by atoms with Crippen molar-refractivity contribution in [1.29, 1.82) is 0 Å². The minimum atomic E-state index is 0.0263. The first-order valence-electron chi connectivity index (χ1n) is 8.16. The van der Waals surface area contributed by atoms with E-state index in [0.717, 1.165) is 40.5 Å². The van der Waals surface area contributed by atoms with Crippen LogP contribution in [0.3, 0.4) is 0 Å². The largest absolute Gasteiger partial charge is 0.464 e. The van der Waals surface area contributed by atoms with Gasteiger partial charge in [-0.25, -0.2) is 9.97 Å². The van der Waals surface area contributed by atoms with Crippen molar-refractivity contribution in [2.45, 2.75) is 32.7 Å². The Morgan fingerprint density at radius 2 is 2.12 bits per heavy atom. The van der Waals surface area contributed by atoms with Crippen molar-refractivity contribution in [3.8, 4) is 6.01 Å². The van der Waals surface area contributed by atoms with Crippen molar-refractivity contribution in [2.24, 2.45) is 0 Å². The predicted molar refractivity (Wildman–Crippen MR) is 92.7 cm³/mol. The van der Waals surface area contributed by atoms with E-state index >= 15 is 0 Å². The van der Waals surface area contributed by atoms with Crippen LogP contribution in [0.2, 0.25) is 0 Å². The van der Waals surface area contributed by atoms with E-state index in [1.807, 2.05) is 25.1 Å². The number of rotatable bonds is 5. The zero-order valence-electron chi connectivity index (χ0n) is 13.7. The Hall–Kier alpha value is -2.76. The number of nitrogens with zero attached hydrogens (tertiary/aromatic N) is 3. The van der Waals surface area contributed by atoms with Crippen LogP contribution in [-0.4, -0.2) is 33.4 Å². The average Bonchev–Trinajstić information content (AvgIpc) is 3.39. The van der Waals surface area contributed by atoms with Gasteiger partial charge in [-0.05, 0) is 32.8 Å². The summed E-state index contributed by atoms with van der Waals surface area (Å²) in [5, 5.41) is 5.26. The standard InChI is InChI=1S/C18H18N4O2/c1-3-24-18-19-9-14-13-7-4-11(10(2)23)8-15(13)21-17(16(14)22-18)20-12-5-6-12/h4,7-9,12H,3,5-6H2,1-2H3,(H,20,21). The van der Waals surface area contributed by atoms with Crippen LogP contribution in [0.5, 0.6) is 6.01 Å². The number of Topliss-reactive ketones (excluding diaryl/α,β-unsaturated/α-hetero) is 1. The minimum absolute atomic E-state index is 0.0263. The maximum atomic E-state index is 11.7. The fraction of sp³-hybridized carbons (Fsp3) is 0.333. The highest BCUT2D eigenvalue weighted by molar-refractivity contribution is 6.10. The van der Waals surface area contributed by atoms with Crippen molar-refractivity contribution >= 4 is 33.4 Å². The summed E-state index contributed by atoms with van der Waals surface area (Å²) in [6, 6.07) is 6.35. The van der Waals surface area contributed by atoms with Gasteiger partial charge in [0.2, 0.25) is 0 Å². The first kappa shape index (κ1) is 14.8. The minimum Gasteiger partial charge on any atom is -0.464 e. The number of fused-ring (bicyclic) bond motifs is 3. The Labute approximate surface area is 139 Å². The Morgan fingerprint density at radius 3 is 2.83 bits per heavy atom. The van der Waals surface area contributed by atoms with E-state index in [1.165, 1.54) is 0 Å². The highest BCUT2D eigenvalue weighted by atomic mass is 16.5. The number of aromatic nitrogens is 3. The molecule has 122 valence electrons. The zero-order chi connectivity index (χ0) is 16.7. The molecule has 0 radical (unpaired) electrons. The molecule has 1 aliphatic carbocycles. The molecule has 24 heavy (non-hydrogen) atoms.